The summed E-state index contributed by atoms with van der Waals surface area (Å²) in [5.41, 5.74) is 7.61. The van der Waals surface area contributed by atoms with E-state index < -0.39 is 0 Å². The molecule has 0 aliphatic heterocycles. The molecule has 1 aromatic heterocycles. The monoisotopic (exact) mass is 715 g/mol. The summed E-state index contributed by atoms with van der Waals surface area (Å²) >= 11 is 0. The predicted octanol–water partition coefficient (Wildman–Crippen LogP) is 10.7. The molecular formula is C53H37N3. The summed E-state index contributed by atoms with van der Waals surface area (Å²) in [6, 6.07) is 67.6. The van der Waals surface area contributed by atoms with E-state index in [0.29, 0.717) is 17.5 Å². The maximum Gasteiger partial charge on any atom is 0.164 e. The van der Waals surface area contributed by atoms with E-state index in [-0.39, 0.29) is 16.7 Å². The molecule has 0 radical (unpaired) electrons. The third-order valence-corrected chi connectivity index (χ3v) is 12.3. The van der Waals surface area contributed by atoms with Gasteiger partial charge in [0.25, 0.3) is 0 Å². The second kappa shape index (κ2) is 12.5. The molecule has 56 heavy (non-hydrogen) atoms. The Morgan fingerprint density at radius 3 is 1.70 bits per heavy atom. The van der Waals surface area contributed by atoms with Crippen molar-refractivity contribution in [3.8, 4) is 34.2 Å². The van der Waals surface area contributed by atoms with Crippen molar-refractivity contribution in [1.82, 2.24) is 15.0 Å². The molecule has 2 unspecified atom stereocenters. The van der Waals surface area contributed by atoms with E-state index in [0.717, 1.165) is 27.5 Å². The molecule has 0 N–H and O–H groups in total. The van der Waals surface area contributed by atoms with Crippen LogP contribution in [0.25, 0.3) is 67.9 Å². The fourth-order valence-corrected chi connectivity index (χ4v) is 9.86. The Balaban J connectivity index is 1.14. The lowest BCUT2D eigenvalue weighted by Crippen LogP contribution is -2.45. The highest BCUT2D eigenvalue weighted by Gasteiger charge is 2.58. The first kappa shape index (κ1) is 32.5. The third kappa shape index (κ3) is 4.80. The first-order chi connectivity index (χ1) is 27.6. The lowest BCUT2D eigenvalue weighted by Gasteiger charge is -2.42. The van der Waals surface area contributed by atoms with Gasteiger partial charge in [-0.1, -0.05) is 195 Å². The van der Waals surface area contributed by atoms with Crippen molar-refractivity contribution in [2.24, 2.45) is 5.92 Å². The van der Waals surface area contributed by atoms with Gasteiger partial charge >= 0.3 is 0 Å². The third-order valence-electron chi connectivity index (χ3n) is 12.3. The van der Waals surface area contributed by atoms with Crippen LogP contribution in [-0.4, -0.2) is 15.0 Å². The molecule has 0 spiro atoms. The first-order valence-corrected chi connectivity index (χ1v) is 19.4. The van der Waals surface area contributed by atoms with Gasteiger partial charge in [0, 0.05) is 28.0 Å². The van der Waals surface area contributed by atoms with E-state index in [1.807, 2.05) is 18.2 Å². The zero-order valence-corrected chi connectivity index (χ0v) is 31.0. The van der Waals surface area contributed by atoms with Crippen LogP contribution >= 0.6 is 0 Å². The van der Waals surface area contributed by atoms with Crippen molar-refractivity contribution in [3.05, 3.63) is 221 Å². The minimum Gasteiger partial charge on any atom is -0.208 e. The molecule has 2 aliphatic rings. The van der Waals surface area contributed by atoms with Crippen LogP contribution < -0.4 is 10.4 Å². The molecule has 0 fully saturated rings. The van der Waals surface area contributed by atoms with Gasteiger partial charge in [-0.3, -0.25) is 0 Å². The molecule has 0 amide bonds. The van der Waals surface area contributed by atoms with Gasteiger partial charge in [0.05, 0.1) is 5.41 Å². The molecule has 0 saturated carbocycles. The quantitative estimate of drug-likeness (QED) is 0.167. The van der Waals surface area contributed by atoms with Crippen LogP contribution in [0, 0.1) is 5.92 Å². The second-order valence-corrected chi connectivity index (χ2v) is 15.4. The topological polar surface area (TPSA) is 38.7 Å². The normalized spacial score (nSPS) is 17.7. The number of hydrogen-bond donors (Lipinski definition) is 0. The van der Waals surface area contributed by atoms with Gasteiger partial charge in [0.2, 0.25) is 0 Å². The van der Waals surface area contributed by atoms with Crippen LogP contribution in [0.3, 0.4) is 0 Å². The van der Waals surface area contributed by atoms with Crippen LogP contribution in [0.2, 0.25) is 0 Å². The summed E-state index contributed by atoms with van der Waals surface area (Å²) in [6.07, 6.45) is 5.05. The predicted molar refractivity (Wildman–Crippen MR) is 229 cm³/mol. The van der Waals surface area contributed by atoms with Gasteiger partial charge in [0.15, 0.2) is 17.5 Å². The number of aromatic nitrogens is 3. The molecule has 3 heteroatoms. The van der Waals surface area contributed by atoms with E-state index in [2.05, 4.69) is 189 Å². The first-order valence-electron chi connectivity index (χ1n) is 19.4. The van der Waals surface area contributed by atoms with E-state index in [4.69, 9.17) is 15.0 Å². The minimum absolute atomic E-state index is 0.144. The second-order valence-electron chi connectivity index (χ2n) is 15.4. The highest BCUT2D eigenvalue weighted by atomic mass is 15.0. The summed E-state index contributed by atoms with van der Waals surface area (Å²) in [7, 11) is 0. The maximum absolute atomic E-state index is 5.28. The average Bonchev–Trinajstić information content (AvgIpc) is 3.50. The highest BCUT2D eigenvalue weighted by molar-refractivity contribution is 6.13. The molecule has 3 nitrogen and oxygen atoms in total. The van der Waals surface area contributed by atoms with Gasteiger partial charge in [-0.05, 0) is 66.4 Å². The molecule has 1 heterocycles. The number of nitrogens with zero attached hydrogens (tertiary/aromatic N) is 3. The van der Waals surface area contributed by atoms with Crippen molar-refractivity contribution >= 4 is 33.7 Å². The summed E-state index contributed by atoms with van der Waals surface area (Å²) in [6.45, 7) is 2.43. The van der Waals surface area contributed by atoms with Gasteiger partial charge in [-0.15, -0.1) is 0 Å². The minimum atomic E-state index is -0.364. The Labute approximate surface area is 326 Å². The van der Waals surface area contributed by atoms with Crippen molar-refractivity contribution in [2.75, 3.05) is 0 Å². The Kier molecular flexibility index (Phi) is 7.27. The molecule has 9 aromatic rings. The lowest BCUT2D eigenvalue weighted by atomic mass is 9.59. The van der Waals surface area contributed by atoms with Crippen LogP contribution in [0.4, 0.5) is 0 Å². The highest BCUT2D eigenvalue weighted by Crippen LogP contribution is 2.61. The maximum atomic E-state index is 5.28. The smallest absolute Gasteiger partial charge is 0.164 e. The summed E-state index contributed by atoms with van der Waals surface area (Å²) in [5, 5.41) is 7.09. The van der Waals surface area contributed by atoms with Crippen molar-refractivity contribution < 1.29 is 0 Å². The summed E-state index contributed by atoms with van der Waals surface area (Å²) in [4.78, 5) is 15.6. The molecule has 264 valence electrons. The fraction of sp³-hybridized carbons (Fsp3) is 0.0755. The molecule has 8 aromatic carbocycles. The van der Waals surface area contributed by atoms with Crippen LogP contribution in [0.5, 0.6) is 0 Å². The Morgan fingerprint density at radius 2 is 0.982 bits per heavy atom. The van der Waals surface area contributed by atoms with E-state index in [1.165, 1.54) is 43.5 Å². The summed E-state index contributed by atoms with van der Waals surface area (Å²) in [5.74, 6) is 2.12. The van der Waals surface area contributed by atoms with E-state index in [9.17, 15) is 0 Å². The van der Waals surface area contributed by atoms with Crippen LogP contribution in [-0.2, 0) is 10.8 Å². The van der Waals surface area contributed by atoms with Crippen molar-refractivity contribution in [2.45, 2.75) is 17.8 Å². The van der Waals surface area contributed by atoms with Gasteiger partial charge < -0.3 is 0 Å². The molecule has 0 bridgehead atoms. The van der Waals surface area contributed by atoms with Crippen LogP contribution in [0.1, 0.15) is 29.2 Å². The van der Waals surface area contributed by atoms with Gasteiger partial charge in [0.1, 0.15) is 0 Å². The molecule has 2 atom stereocenters. The van der Waals surface area contributed by atoms with Gasteiger partial charge in [-0.25, -0.2) is 15.0 Å². The molecule has 0 saturated heterocycles. The zero-order chi connectivity index (χ0) is 37.3. The van der Waals surface area contributed by atoms with Crippen molar-refractivity contribution in [3.63, 3.8) is 0 Å². The average molecular weight is 716 g/mol. The number of benzene rings is 8. The van der Waals surface area contributed by atoms with Gasteiger partial charge in [-0.2, -0.15) is 0 Å². The van der Waals surface area contributed by atoms with Crippen LogP contribution in [0.15, 0.2) is 188 Å². The molecule has 2 aliphatic carbocycles. The fourth-order valence-electron chi connectivity index (χ4n) is 9.86. The molecular weight excluding hydrogens is 679 g/mol. The zero-order valence-electron chi connectivity index (χ0n) is 31.0. The van der Waals surface area contributed by atoms with Crippen molar-refractivity contribution in [1.29, 1.82) is 0 Å². The number of rotatable bonds is 5. The largest absolute Gasteiger partial charge is 0.208 e. The Bertz CT molecular complexity index is 3060. The lowest BCUT2D eigenvalue weighted by molar-refractivity contribution is 0.404. The molecule has 11 rings (SSSR count). The Hall–Kier alpha value is -6.97. The number of fused-ring (bicyclic) bond motifs is 7. The van der Waals surface area contributed by atoms with E-state index >= 15 is 0 Å². The van der Waals surface area contributed by atoms with E-state index in [1.54, 1.807) is 0 Å². The Morgan fingerprint density at radius 1 is 0.429 bits per heavy atom. The SMILES string of the molecule is CC12C=c3cc(-c4nc(-c5ccccc5)nc(-c5cc6ccccc6c6ccccc56)n4)ccc3=CC1C(c1ccccc1)(c1ccccc1)c1ccccc12. The summed E-state index contributed by atoms with van der Waals surface area (Å²) < 4.78 is 0. The number of hydrogen-bond acceptors (Lipinski definition) is 3. The standard InChI is InChI=1S/C53H37N3/c1-52-34-39-31-38(30-29-36(39)33-48(52)53(40-20-7-3-8-21-40,41-22-9-4-10-23-41)47-28-16-15-27-46(47)52)50-54-49(35-17-5-2-6-18-35)55-51(56-50)45-32-37-19-11-12-24-42(37)43-25-13-14-26-44(43)45/h2-34,48H,1H3.